The third-order valence-electron chi connectivity index (χ3n) is 5.19. The Hall–Kier alpha value is -2.63. The Balaban J connectivity index is 1.83. The summed E-state index contributed by atoms with van der Waals surface area (Å²) in [4.78, 5) is 22.8. The van der Waals surface area contributed by atoms with Crippen molar-refractivity contribution >= 4 is 22.6 Å². The van der Waals surface area contributed by atoms with Gasteiger partial charge in [-0.25, -0.2) is 4.98 Å². The summed E-state index contributed by atoms with van der Waals surface area (Å²) in [6.07, 6.45) is 2.05. The second-order valence-electron chi connectivity index (χ2n) is 7.89. The van der Waals surface area contributed by atoms with Crippen molar-refractivity contribution in [1.82, 2.24) is 20.2 Å². The maximum absolute atomic E-state index is 12.9. The number of anilines is 1. The lowest BCUT2D eigenvalue weighted by molar-refractivity contribution is -0.122. The van der Waals surface area contributed by atoms with Crippen LogP contribution in [0.5, 0.6) is 0 Å². The molecule has 1 amide bonds. The molecule has 0 fully saturated rings. The lowest BCUT2D eigenvalue weighted by Gasteiger charge is -2.24. The summed E-state index contributed by atoms with van der Waals surface area (Å²) in [7, 11) is 0. The highest BCUT2D eigenvalue weighted by Gasteiger charge is 2.45. The second-order valence-corrected chi connectivity index (χ2v) is 7.89. The smallest absolute Gasteiger partial charge is 0.237 e. The monoisotopic (exact) mass is 351 g/mol. The molecule has 6 nitrogen and oxygen atoms in total. The van der Waals surface area contributed by atoms with Crippen molar-refractivity contribution in [3.63, 3.8) is 0 Å². The topological polar surface area (TPSA) is 77.7 Å². The van der Waals surface area contributed by atoms with E-state index in [0.29, 0.717) is 0 Å². The fourth-order valence-corrected chi connectivity index (χ4v) is 3.79. The Labute approximate surface area is 153 Å². The minimum atomic E-state index is -0.528. The summed E-state index contributed by atoms with van der Waals surface area (Å²) in [5.74, 6) is 0.898. The maximum atomic E-state index is 12.9. The van der Waals surface area contributed by atoms with Gasteiger partial charge in [-0.3, -0.25) is 9.89 Å². The number of nitrogens with zero attached hydrogens (tertiary/aromatic N) is 3. The van der Waals surface area contributed by atoms with Crippen LogP contribution in [0.2, 0.25) is 0 Å². The van der Waals surface area contributed by atoms with Gasteiger partial charge in [-0.2, -0.15) is 5.10 Å². The zero-order chi connectivity index (χ0) is 18.6. The molecule has 2 N–H and O–H groups in total. The molecule has 4 rings (SSSR count). The average molecular weight is 351 g/mol. The van der Waals surface area contributed by atoms with Crippen molar-refractivity contribution in [1.29, 1.82) is 0 Å². The van der Waals surface area contributed by atoms with Gasteiger partial charge in [0.15, 0.2) is 5.82 Å². The number of imidazole rings is 1. The third kappa shape index (κ3) is 2.35. The standard InChI is InChI=1S/C20H25N5O/c1-6-7-12-8-16(24-23-12)18-21-14-9-13-17(10-15(14)22-18)25(11(2)3)19(26)20(13,4)5/h8-11H,6-7H2,1-5H3,(H,21,22)(H,23,24). The molecule has 3 heterocycles. The largest absolute Gasteiger partial charge is 0.337 e. The van der Waals surface area contributed by atoms with E-state index in [1.54, 1.807) is 0 Å². The van der Waals surface area contributed by atoms with E-state index in [1.165, 1.54) is 0 Å². The first-order valence-electron chi connectivity index (χ1n) is 9.25. The van der Waals surface area contributed by atoms with E-state index >= 15 is 0 Å². The Bertz CT molecular complexity index is 995. The molecule has 0 unspecified atom stereocenters. The molecule has 0 bridgehead atoms. The Morgan fingerprint density at radius 3 is 2.69 bits per heavy atom. The van der Waals surface area contributed by atoms with Gasteiger partial charge in [-0.15, -0.1) is 0 Å². The van der Waals surface area contributed by atoms with Gasteiger partial charge in [0.2, 0.25) is 5.91 Å². The normalized spacial score (nSPS) is 16.1. The van der Waals surface area contributed by atoms with Crippen LogP contribution >= 0.6 is 0 Å². The first-order valence-corrected chi connectivity index (χ1v) is 9.25. The molecule has 0 atom stereocenters. The van der Waals surface area contributed by atoms with Gasteiger partial charge in [0, 0.05) is 11.7 Å². The highest BCUT2D eigenvalue weighted by atomic mass is 16.2. The van der Waals surface area contributed by atoms with Crippen molar-refractivity contribution < 1.29 is 4.79 Å². The van der Waals surface area contributed by atoms with Crippen molar-refractivity contribution in [3.8, 4) is 11.5 Å². The van der Waals surface area contributed by atoms with E-state index in [0.717, 1.165) is 52.3 Å². The first-order chi connectivity index (χ1) is 12.3. The minimum Gasteiger partial charge on any atom is -0.337 e. The molecule has 0 radical (unpaired) electrons. The van der Waals surface area contributed by atoms with Crippen LogP contribution in [0, 0.1) is 0 Å². The van der Waals surface area contributed by atoms with Crippen LogP contribution in [0.3, 0.4) is 0 Å². The number of nitrogens with one attached hydrogen (secondary N) is 2. The molecule has 1 aliphatic heterocycles. The van der Waals surface area contributed by atoms with E-state index in [2.05, 4.69) is 28.2 Å². The van der Waals surface area contributed by atoms with Gasteiger partial charge in [-0.05, 0) is 57.9 Å². The highest BCUT2D eigenvalue weighted by Crippen LogP contribution is 2.44. The number of benzene rings is 1. The van der Waals surface area contributed by atoms with E-state index in [9.17, 15) is 4.79 Å². The average Bonchev–Trinajstić information content (AvgIpc) is 3.23. The molecule has 0 saturated carbocycles. The number of aromatic nitrogens is 4. The first kappa shape index (κ1) is 16.8. The SMILES string of the molecule is CCCc1cc(-c2nc3cc4c(cc3[nH]2)C(C)(C)C(=O)N4C(C)C)n[nH]1. The summed E-state index contributed by atoms with van der Waals surface area (Å²) in [6, 6.07) is 6.25. The fourth-order valence-electron chi connectivity index (χ4n) is 3.79. The molecule has 1 aliphatic rings. The number of aryl methyl sites for hydroxylation is 1. The number of aromatic amines is 2. The van der Waals surface area contributed by atoms with Gasteiger partial charge in [0.05, 0.1) is 22.1 Å². The maximum Gasteiger partial charge on any atom is 0.237 e. The Morgan fingerprint density at radius 1 is 1.23 bits per heavy atom. The van der Waals surface area contributed by atoms with Crippen LogP contribution in [0.4, 0.5) is 5.69 Å². The summed E-state index contributed by atoms with van der Waals surface area (Å²) in [5, 5.41) is 7.45. The van der Waals surface area contributed by atoms with E-state index in [4.69, 9.17) is 4.98 Å². The number of fused-ring (bicyclic) bond motifs is 2. The Morgan fingerprint density at radius 2 is 2.00 bits per heavy atom. The van der Waals surface area contributed by atoms with Crippen molar-refractivity contribution in [3.05, 3.63) is 29.5 Å². The van der Waals surface area contributed by atoms with Gasteiger partial charge >= 0.3 is 0 Å². The number of hydrogen-bond acceptors (Lipinski definition) is 3. The highest BCUT2D eigenvalue weighted by molar-refractivity contribution is 6.09. The number of H-pyrrole nitrogens is 2. The molecule has 0 saturated heterocycles. The van der Waals surface area contributed by atoms with Gasteiger partial charge in [0.25, 0.3) is 0 Å². The van der Waals surface area contributed by atoms with Crippen molar-refractivity contribution in [2.24, 2.45) is 0 Å². The Kier molecular flexibility index (Phi) is 3.68. The van der Waals surface area contributed by atoms with Gasteiger partial charge < -0.3 is 9.88 Å². The van der Waals surface area contributed by atoms with Gasteiger partial charge in [0.1, 0.15) is 5.69 Å². The van der Waals surface area contributed by atoms with Crippen LogP contribution in [0.1, 0.15) is 52.3 Å². The van der Waals surface area contributed by atoms with Gasteiger partial charge in [-0.1, -0.05) is 13.3 Å². The lowest BCUT2D eigenvalue weighted by Crippen LogP contribution is -2.40. The number of carbonyl (C=O) groups excluding carboxylic acids is 1. The van der Waals surface area contributed by atoms with Crippen molar-refractivity contribution in [2.45, 2.75) is 58.9 Å². The summed E-state index contributed by atoms with van der Waals surface area (Å²) >= 11 is 0. The van der Waals surface area contributed by atoms with E-state index in [1.807, 2.05) is 44.7 Å². The zero-order valence-corrected chi connectivity index (χ0v) is 16.0. The van der Waals surface area contributed by atoms with Crippen LogP contribution in [-0.4, -0.2) is 32.1 Å². The van der Waals surface area contributed by atoms with Crippen molar-refractivity contribution in [2.75, 3.05) is 4.90 Å². The molecule has 1 aromatic carbocycles. The summed E-state index contributed by atoms with van der Waals surface area (Å²) < 4.78 is 0. The predicted molar refractivity (Wildman–Crippen MR) is 103 cm³/mol. The van der Waals surface area contributed by atoms with Crippen LogP contribution in [0.15, 0.2) is 18.2 Å². The number of hydrogen-bond donors (Lipinski definition) is 2. The van der Waals surface area contributed by atoms with Crippen LogP contribution < -0.4 is 4.90 Å². The molecule has 26 heavy (non-hydrogen) atoms. The third-order valence-corrected chi connectivity index (χ3v) is 5.19. The van der Waals surface area contributed by atoms with E-state index in [-0.39, 0.29) is 11.9 Å². The van der Waals surface area contributed by atoms with Crippen LogP contribution in [-0.2, 0) is 16.6 Å². The lowest BCUT2D eigenvalue weighted by atomic mass is 9.86. The number of amides is 1. The van der Waals surface area contributed by atoms with E-state index < -0.39 is 5.41 Å². The molecule has 0 aliphatic carbocycles. The molecule has 0 spiro atoms. The molecular formula is C20H25N5O. The zero-order valence-electron chi connectivity index (χ0n) is 16.0. The van der Waals surface area contributed by atoms with Crippen LogP contribution in [0.25, 0.3) is 22.6 Å². The quantitative estimate of drug-likeness (QED) is 0.747. The number of rotatable bonds is 4. The molecule has 3 aromatic rings. The predicted octanol–water partition coefficient (Wildman–Crippen LogP) is 3.94. The number of carbonyl (C=O) groups is 1. The molecule has 6 heteroatoms. The summed E-state index contributed by atoms with van der Waals surface area (Å²) in [6.45, 7) is 10.2. The second kappa shape index (κ2) is 5.69. The molecule has 136 valence electrons. The molecular weight excluding hydrogens is 326 g/mol. The summed E-state index contributed by atoms with van der Waals surface area (Å²) in [5.41, 5.74) is 5.21. The minimum absolute atomic E-state index is 0.113. The fraction of sp³-hybridized carbons (Fsp3) is 0.450. The molecule has 2 aromatic heterocycles.